The van der Waals surface area contributed by atoms with Gasteiger partial charge in [0.1, 0.15) is 0 Å². The third kappa shape index (κ3) is 4.94. The molecule has 0 radical (unpaired) electrons. The molecule has 5 rings (SSSR count). The Morgan fingerprint density at radius 1 is 0.882 bits per heavy atom. The molecule has 1 atom stereocenters. The Labute approximate surface area is 207 Å². The molecule has 34 heavy (non-hydrogen) atoms. The van der Waals surface area contributed by atoms with Gasteiger partial charge in [0.25, 0.3) is 0 Å². The predicted octanol–water partition coefficient (Wildman–Crippen LogP) is 4.65. The maximum atomic E-state index is 13.5. The fourth-order valence-electron chi connectivity index (χ4n) is 6.07. The molecule has 0 unspecified atom stereocenters. The molecule has 2 amide bonds. The normalized spacial score (nSPS) is 22.3. The number of thiophene rings is 1. The zero-order valence-corrected chi connectivity index (χ0v) is 21.2. The summed E-state index contributed by atoms with van der Waals surface area (Å²) in [5.74, 6) is 0.734. The second-order valence-corrected chi connectivity index (χ2v) is 11.2. The minimum Gasteiger partial charge on any atom is -0.341 e. The average molecular weight is 480 g/mol. The number of amides is 2. The molecular formula is C28H37N3O2S. The van der Waals surface area contributed by atoms with Crippen molar-refractivity contribution in [2.45, 2.75) is 57.9 Å². The summed E-state index contributed by atoms with van der Waals surface area (Å²) < 4.78 is 0. The van der Waals surface area contributed by atoms with Crippen molar-refractivity contribution >= 4 is 23.2 Å². The summed E-state index contributed by atoms with van der Waals surface area (Å²) in [6.07, 6.45) is 7.58. The Hall–Kier alpha value is -2.18. The van der Waals surface area contributed by atoms with Crippen molar-refractivity contribution in [3.8, 4) is 0 Å². The number of rotatable bonds is 4. The van der Waals surface area contributed by atoms with Crippen molar-refractivity contribution in [3.05, 3.63) is 57.3 Å². The van der Waals surface area contributed by atoms with E-state index in [0.717, 1.165) is 45.3 Å². The first-order chi connectivity index (χ1) is 16.6. The van der Waals surface area contributed by atoms with Gasteiger partial charge in [0.05, 0.1) is 12.6 Å². The fraction of sp³-hybridized carbons (Fsp3) is 0.571. The highest BCUT2D eigenvalue weighted by Gasteiger charge is 2.33. The van der Waals surface area contributed by atoms with Gasteiger partial charge in [-0.1, -0.05) is 43.5 Å². The largest absolute Gasteiger partial charge is 0.341 e. The zero-order chi connectivity index (χ0) is 23.5. The van der Waals surface area contributed by atoms with E-state index in [1.165, 1.54) is 40.8 Å². The van der Waals surface area contributed by atoms with Crippen molar-refractivity contribution < 1.29 is 9.59 Å². The van der Waals surface area contributed by atoms with Crippen LogP contribution in [0.1, 0.15) is 66.1 Å². The Balaban J connectivity index is 1.26. The van der Waals surface area contributed by atoms with Gasteiger partial charge in [-0.2, -0.15) is 0 Å². The number of fused-ring (bicyclic) bond motifs is 1. The number of benzene rings is 1. The van der Waals surface area contributed by atoms with Gasteiger partial charge >= 0.3 is 0 Å². The van der Waals surface area contributed by atoms with Crippen molar-refractivity contribution in [2.24, 2.45) is 5.92 Å². The van der Waals surface area contributed by atoms with Crippen LogP contribution in [0.4, 0.5) is 0 Å². The molecule has 1 saturated heterocycles. The number of aryl methyl sites for hydroxylation is 1. The van der Waals surface area contributed by atoms with Crippen molar-refractivity contribution in [1.29, 1.82) is 0 Å². The molecular weight excluding hydrogens is 442 g/mol. The SMILES string of the molecule is Cc1ccccc1[C@@H]1c2ccsc2CCN1CC(=O)N1CCCN(C(=O)C2CCCCC2)CC1. The highest BCUT2D eigenvalue weighted by atomic mass is 32.1. The number of carbonyl (C=O) groups excluding carboxylic acids is 2. The van der Waals surface area contributed by atoms with E-state index in [9.17, 15) is 9.59 Å². The van der Waals surface area contributed by atoms with E-state index in [2.05, 4.69) is 47.5 Å². The standard InChI is InChI=1S/C28H37N3O2S/c1-21-8-5-6-11-23(21)27-24-13-19-34-25(24)12-16-31(27)20-26(32)29-14-7-15-30(18-17-29)28(33)22-9-3-2-4-10-22/h5-6,8,11,13,19,22,27H,2-4,7,9-10,12,14-18,20H2,1H3/t27-/m1/s1. The summed E-state index contributed by atoms with van der Waals surface area (Å²) in [7, 11) is 0. The van der Waals surface area contributed by atoms with Crippen LogP contribution in [-0.4, -0.2) is 65.8 Å². The molecule has 0 spiro atoms. The quantitative estimate of drug-likeness (QED) is 0.641. The number of nitrogens with zero attached hydrogens (tertiary/aromatic N) is 3. The van der Waals surface area contributed by atoms with E-state index >= 15 is 0 Å². The molecule has 5 nitrogen and oxygen atoms in total. The molecule has 1 aromatic heterocycles. The molecule has 182 valence electrons. The molecule has 3 heterocycles. The Kier molecular flexibility index (Phi) is 7.35. The molecule has 3 aliphatic rings. The third-order valence-corrected chi connectivity index (χ3v) is 9.00. The van der Waals surface area contributed by atoms with Gasteiger partial charge in [0.2, 0.25) is 11.8 Å². The van der Waals surface area contributed by atoms with Gasteiger partial charge in [-0.05, 0) is 60.7 Å². The lowest BCUT2D eigenvalue weighted by Crippen LogP contribution is -2.46. The summed E-state index contributed by atoms with van der Waals surface area (Å²) >= 11 is 1.84. The summed E-state index contributed by atoms with van der Waals surface area (Å²) in [5, 5.41) is 2.19. The molecule has 1 aliphatic carbocycles. The van der Waals surface area contributed by atoms with Gasteiger partial charge in [-0.15, -0.1) is 11.3 Å². The van der Waals surface area contributed by atoms with Crippen molar-refractivity contribution in [2.75, 3.05) is 39.3 Å². The molecule has 0 bridgehead atoms. The summed E-state index contributed by atoms with van der Waals surface area (Å²) in [5.41, 5.74) is 3.93. The fourth-order valence-corrected chi connectivity index (χ4v) is 6.97. The van der Waals surface area contributed by atoms with E-state index in [0.29, 0.717) is 25.5 Å². The van der Waals surface area contributed by atoms with Crippen LogP contribution in [-0.2, 0) is 16.0 Å². The Morgan fingerprint density at radius 2 is 1.65 bits per heavy atom. The van der Waals surface area contributed by atoms with Crippen molar-refractivity contribution in [3.63, 3.8) is 0 Å². The van der Waals surface area contributed by atoms with Gasteiger partial charge in [-0.3, -0.25) is 14.5 Å². The Morgan fingerprint density at radius 3 is 2.47 bits per heavy atom. The minimum absolute atomic E-state index is 0.136. The zero-order valence-electron chi connectivity index (χ0n) is 20.4. The lowest BCUT2D eigenvalue weighted by atomic mass is 9.88. The smallest absolute Gasteiger partial charge is 0.236 e. The van der Waals surface area contributed by atoms with E-state index < -0.39 is 0 Å². The van der Waals surface area contributed by atoms with Gasteiger partial charge < -0.3 is 9.80 Å². The van der Waals surface area contributed by atoms with Crippen LogP contribution in [0.15, 0.2) is 35.7 Å². The van der Waals surface area contributed by atoms with Crippen molar-refractivity contribution in [1.82, 2.24) is 14.7 Å². The molecule has 0 N–H and O–H groups in total. The van der Waals surface area contributed by atoms with Crippen LogP contribution in [0.3, 0.4) is 0 Å². The second kappa shape index (κ2) is 10.6. The van der Waals surface area contributed by atoms with Gasteiger partial charge in [0.15, 0.2) is 0 Å². The molecule has 2 fully saturated rings. The third-order valence-electron chi connectivity index (χ3n) is 8.00. The van der Waals surface area contributed by atoms with Crippen LogP contribution >= 0.6 is 11.3 Å². The van der Waals surface area contributed by atoms with Gasteiger partial charge in [-0.25, -0.2) is 0 Å². The molecule has 2 aromatic rings. The lowest BCUT2D eigenvalue weighted by Gasteiger charge is -2.37. The maximum absolute atomic E-state index is 13.5. The average Bonchev–Trinajstić information content (AvgIpc) is 3.20. The van der Waals surface area contributed by atoms with Crippen LogP contribution in [0, 0.1) is 12.8 Å². The van der Waals surface area contributed by atoms with E-state index in [1.54, 1.807) is 0 Å². The van der Waals surface area contributed by atoms with Gasteiger partial charge in [0, 0.05) is 43.5 Å². The predicted molar refractivity (Wildman–Crippen MR) is 137 cm³/mol. The number of carbonyl (C=O) groups is 2. The van der Waals surface area contributed by atoms with Crippen LogP contribution in [0.25, 0.3) is 0 Å². The molecule has 6 heteroatoms. The Bertz CT molecular complexity index is 1010. The molecule has 1 saturated carbocycles. The van der Waals surface area contributed by atoms with E-state index in [1.807, 2.05) is 21.1 Å². The first-order valence-electron chi connectivity index (χ1n) is 13.0. The lowest BCUT2D eigenvalue weighted by molar-refractivity contribution is -0.137. The molecule has 1 aromatic carbocycles. The summed E-state index contributed by atoms with van der Waals surface area (Å²) in [4.78, 5) is 34.4. The second-order valence-electron chi connectivity index (χ2n) is 10.2. The van der Waals surface area contributed by atoms with Crippen LogP contribution in [0.2, 0.25) is 0 Å². The van der Waals surface area contributed by atoms with E-state index in [-0.39, 0.29) is 17.9 Å². The molecule has 2 aliphatic heterocycles. The summed E-state index contributed by atoms with van der Waals surface area (Å²) in [6.45, 7) is 6.37. The highest BCUT2D eigenvalue weighted by Crippen LogP contribution is 2.38. The minimum atomic E-state index is 0.136. The highest BCUT2D eigenvalue weighted by molar-refractivity contribution is 7.10. The monoisotopic (exact) mass is 479 g/mol. The van der Waals surface area contributed by atoms with Crippen LogP contribution in [0.5, 0.6) is 0 Å². The maximum Gasteiger partial charge on any atom is 0.236 e. The first-order valence-corrected chi connectivity index (χ1v) is 13.9. The van der Waals surface area contributed by atoms with E-state index in [4.69, 9.17) is 0 Å². The first kappa shape index (κ1) is 23.6. The number of hydrogen-bond acceptors (Lipinski definition) is 4. The number of hydrogen-bond donors (Lipinski definition) is 0. The summed E-state index contributed by atoms with van der Waals surface area (Å²) in [6, 6.07) is 11.0. The van der Waals surface area contributed by atoms with Crippen LogP contribution < -0.4 is 0 Å². The topological polar surface area (TPSA) is 43.9 Å².